The summed E-state index contributed by atoms with van der Waals surface area (Å²) in [5.41, 5.74) is -0.269. The molecule has 1 aliphatic heterocycles. The number of piperidine rings is 1. The Morgan fingerprint density at radius 2 is 2.29 bits per heavy atom. The molecule has 1 aromatic rings. The molecule has 0 amide bonds. The van der Waals surface area contributed by atoms with Crippen LogP contribution in [0.25, 0.3) is 0 Å². The average molecular weight is 311 g/mol. The second kappa shape index (κ2) is 6.98. The molecule has 21 heavy (non-hydrogen) atoms. The van der Waals surface area contributed by atoms with Gasteiger partial charge in [-0.1, -0.05) is 0 Å². The predicted octanol–water partition coefficient (Wildman–Crippen LogP) is 1.37. The van der Waals surface area contributed by atoms with E-state index in [1.54, 1.807) is 6.07 Å². The van der Waals surface area contributed by atoms with E-state index in [4.69, 9.17) is 5.26 Å². The van der Waals surface area contributed by atoms with Gasteiger partial charge in [0.05, 0.1) is 10.5 Å². The quantitative estimate of drug-likeness (QED) is 0.860. The summed E-state index contributed by atoms with van der Waals surface area (Å²) in [5.74, 6) is -0.242. The Bertz CT molecular complexity index is 634. The van der Waals surface area contributed by atoms with E-state index in [1.807, 2.05) is 0 Å². The zero-order valence-electron chi connectivity index (χ0n) is 11.6. The van der Waals surface area contributed by atoms with Crippen LogP contribution in [0.15, 0.2) is 23.1 Å². The summed E-state index contributed by atoms with van der Waals surface area (Å²) in [6.07, 6.45) is 2.98. The molecule has 2 rings (SSSR count). The van der Waals surface area contributed by atoms with E-state index in [0.717, 1.165) is 44.5 Å². The predicted molar refractivity (Wildman–Crippen MR) is 76.5 cm³/mol. The number of hydrogen-bond donors (Lipinski definition) is 2. The average Bonchev–Trinajstić information content (AvgIpc) is 2.48. The minimum Gasteiger partial charge on any atom is -0.316 e. The van der Waals surface area contributed by atoms with Crippen molar-refractivity contribution in [2.45, 2.75) is 24.2 Å². The molecule has 7 heteroatoms. The van der Waals surface area contributed by atoms with Crippen LogP contribution in [0.5, 0.6) is 0 Å². The van der Waals surface area contributed by atoms with E-state index < -0.39 is 15.8 Å². The fraction of sp³-hybridized carbons (Fsp3) is 0.500. The number of rotatable bonds is 5. The Balaban J connectivity index is 1.96. The first-order valence-electron chi connectivity index (χ1n) is 6.93. The lowest BCUT2D eigenvalue weighted by Gasteiger charge is -2.22. The Hall–Kier alpha value is -1.49. The van der Waals surface area contributed by atoms with Gasteiger partial charge in [0.2, 0.25) is 10.0 Å². The van der Waals surface area contributed by atoms with Crippen LogP contribution in [0.2, 0.25) is 0 Å². The van der Waals surface area contributed by atoms with Crippen LogP contribution in [0.4, 0.5) is 4.39 Å². The third-order valence-corrected chi connectivity index (χ3v) is 5.07. The van der Waals surface area contributed by atoms with Crippen LogP contribution in [0.1, 0.15) is 24.8 Å². The molecule has 2 N–H and O–H groups in total. The van der Waals surface area contributed by atoms with Crippen molar-refractivity contribution in [2.75, 3.05) is 19.6 Å². The van der Waals surface area contributed by atoms with Gasteiger partial charge in [-0.2, -0.15) is 5.26 Å². The number of nitriles is 1. The summed E-state index contributed by atoms with van der Waals surface area (Å²) in [6, 6.07) is 4.86. The molecule has 0 spiro atoms. The van der Waals surface area contributed by atoms with Gasteiger partial charge in [0.15, 0.2) is 0 Å². The van der Waals surface area contributed by atoms with E-state index in [0.29, 0.717) is 12.5 Å². The summed E-state index contributed by atoms with van der Waals surface area (Å²) in [5, 5.41) is 12.0. The topological polar surface area (TPSA) is 82.0 Å². The number of nitrogens with zero attached hydrogens (tertiary/aromatic N) is 1. The Morgan fingerprint density at radius 3 is 2.95 bits per heavy atom. The lowest BCUT2D eigenvalue weighted by Crippen LogP contribution is -2.33. The molecule has 0 radical (unpaired) electrons. The van der Waals surface area contributed by atoms with E-state index >= 15 is 0 Å². The van der Waals surface area contributed by atoms with Gasteiger partial charge >= 0.3 is 0 Å². The highest BCUT2D eigenvalue weighted by molar-refractivity contribution is 7.89. The monoisotopic (exact) mass is 311 g/mol. The van der Waals surface area contributed by atoms with Crippen molar-refractivity contribution in [3.05, 3.63) is 29.6 Å². The number of benzene rings is 1. The highest BCUT2D eigenvalue weighted by Gasteiger charge is 2.18. The van der Waals surface area contributed by atoms with Gasteiger partial charge in [-0.05, 0) is 56.5 Å². The van der Waals surface area contributed by atoms with Crippen molar-refractivity contribution in [3.63, 3.8) is 0 Å². The van der Waals surface area contributed by atoms with Gasteiger partial charge in [-0.15, -0.1) is 0 Å². The molecule has 0 saturated carbocycles. The molecular formula is C14H18FN3O2S. The number of nitrogens with one attached hydrogen (secondary N) is 2. The third kappa shape index (κ3) is 4.24. The molecule has 1 aliphatic rings. The van der Waals surface area contributed by atoms with Gasteiger partial charge in [-0.25, -0.2) is 17.5 Å². The largest absolute Gasteiger partial charge is 0.316 e. The number of halogens is 1. The van der Waals surface area contributed by atoms with Crippen molar-refractivity contribution in [3.8, 4) is 6.07 Å². The number of hydrogen-bond acceptors (Lipinski definition) is 4. The Kier molecular flexibility index (Phi) is 5.28. The van der Waals surface area contributed by atoms with E-state index in [1.165, 1.54) is 6.07 Å². The maximum atomic E-state index is 13.2. The SMILES string of the molecule is N#Cc1cc(S(=O)(=O)NCCC2CCCNC2)ccc1F. The van der Waals surface area contributed by atoms with E-state index in [2.05, 4.69) is 10.0 Å². The minimum atomic E-state index is -3.70. The van der Waals surface area contributed by atoms with Crippen LogP contribution >= 0.6 is 0 Å². The van der Waals surface area contributed by atoms with Crippen LogP contribution in [0, 0.1) is 23.1 Å². The van der Waals surface area contributed by atoms with E-state index in [9.17, 15) is 12.8 Å². The smallest absolute Gasteiger partial charge is 0.240 e. The van der Waals surface area contributed by atoms with Gasteiger partial charge in [0.1, 0.15) is 11.9 Å². The summed E-state index contributed by atoms with van der Waals surface area (Å²) >= 11 is 0. The molecule has 0 aliphatic carbocycles. The van der Waals surface area contributed by atoms with Gasteiger partial charge in [0, 0.05) is 6.54 Å². The first kappa shape index (κ1) is 15.9. The fourth-order valence-electron chi connectivity index (χ4n) is 2.41. The molecule has 0 aromatic heterocycles. The van der Waals surface area contributed by atoms with Crippen molar-refractivity contribution in [1.29, 1.82) is 5.26 Å². The highest BCUT2D eigenvalue weighted by atomic mass is 32.2. The first-order chi connectivity index (χ1) is 10.0. The molecule has 1 atom stereocenters. The molecule has 1 saturated heterocycles. The van der Waals surface area contributed by atoms with Crippen molar-refractivity contribution >= 4 is 10.0 Å². The molecule has 5 nitrogen and oxygen atoms in total. The van der Waals surface area contributed by atoms with E-state index in [-0.39, 0.29) is 10.5 Å². The molecule has 1 fully saturated rings. The van der Waals surface area contributed by atoms with Crippen molar-refractivity contribution in [1.82, 2.24) is 10.0 Å². The van der Waals surface area contributed by atoms with Crippen molar-refractivity contribution in [2.24, 2.45) is 5.92 Å². The standard InChI is InChI=1S/C14H18FN3O2S/c15-14-4-3-13(8-12(14)9-16)21(19,20)18-7-5-11-2-1-6-17-10-11/h3-4,8,11,17-18H,1-2,5-7,10H2. The van der Waals surface area contributed by atoms with Crippen LogP contribution < -0.4 is 10.0 Å². The van der Waals surface area contributed by atoms with Gasteiger partial charge in [-0.3, -0.25) is 0 Å². The van der Waals surface area contributed by atoms with Crippen molar-refractivity contribution < 1.29 is 12.8 Å². The molecular weight excluding hydrogens is 293 g/mol. The summed E-state index contributed by atoms with van der Waals surface area (Å²) < 4.78 is 39.9. The van der Waals surface area contributed by atoms with Crippen LogP contribution in [-0.2, 0) is 10.0 Å². The maximum absolute atomic E-state index is 13.2. The lowest BCUT2D eigenvalue weighted by molar-refractivity contribution is 0.358. The lowest BCUT2D eigenvalue weighted by atomic mass is 9.96. The van der Waals surface area contributed by atoms with Gasteiger partial charge in [0.25, 0.3) is 0 Å². The van der Waals surface area contributed by atoms with Crippen LogP contribution in [0.3, 0.4) is 0 Å². The Morgan fingerprint density at radius 1 is 1.48 bits per heavy atom. The zero-order chi connectivity index (χ0) is 15.3. The zero-order valence-corrected chi connectivity index (χ0v) is 12.4. The maximum Gasteiger partial charge on any atom is 0.240 e. The molecule has 0 bridgehead atoms. The highest BCUT2D eigenvalue weighted by Crippen LogP contribution is 2.16. The van der Waals surface area contributed by atoms with Gasteiger partial charge < -0.3 is 5.32 Å². The Labute approximate surface area is 124 Å². The normalized spacial score (nSPS) is 19.1. The first-order valence-corrected chi connectivity index (χ1v) is 8.41. The number of sulfonamides is 1. The fourth-order valence-corrected chi connectivity index (χ4v) is 3.48. The van der Waals surface area contributed by atoms with Crippen LogP contribution in [-0.4, -0.2) is 28.1 Å². The summed E-state index contributed by atoms with van der Waals surface area (Å²) in [6.45, 7) is 2.28. The third-order valence-electron chi connectivity index (χ3n) is 3.61. The molecule has 1 aromatic carbocycles. The molecule has 1 heterocycles. The second-order valence-electron chi connectivity index (χ2n) is 5.15. The summed E-state index contributed by atoms with van der Waals surface area (Å²) in [4.78, 5) is -0.0813. The minimum absolute atomic E-state index is 0.0813. The molecule has 114 valence electrons. The summed E-state index contributed by atoms with van der Waals surface area (Å²) in [7, 11) is -3.70. The molecule has 1 unspecified atom stereocenters. The second-order valence-corrected chi connectivity index (χ2v) is 6.92.